The van der Waals surface area contributed by atoms with E-state index in [9.17, 15) is 4.79 Å². The maximum atomic E-state index is 13.6. The van der Waals surface area contributed by atoms with E-state index in [0.717, 1.165) is 22.6 Å². The summed E-state index contributed by atoms with van der Waals surface area (Å²) in [6.07, 6.45) is 10.1. The molecule has 1 atom stereocenters. The van der Waals surface area contributed by atoms with Crippen molar-refractivity contribution in [2.24, 2.45) is 7.05 Å². The summed E-state index contributed by atoms with van der Waals surface area (Å²) >= 11 is 0. The molecule has 11 nitrogen and oxygen atoms in total. The standard InChI is InChI=1S/C23H21N9O2/c1-30-11-14(10-26-30)21-27-28-22(34-21)23(33)31-8-6-16-19(25-12-24-16)20(31)17-9-18-15(13-4-5-13)3-2-7-32(18)29-17/h2-3,7,9-13,20H,4-6,8H2,1H3,(H,24,25)/t20-/m1/s1. The van der Waals surface area contributed by atoms with Crippen molar-refractivity contribution in [2.45, 2.75) is 31.2 Å². The molecule has 0 radical (unpaired) electrons. The Labute approximate surface area is 193 Å². The topological polar surface area (TPSA) is 123 Å². The Bertz CT molecular complexity index is 1540. The number of nitrogens with one attached hydrogen (secondary N) is 1. The minimum atomic E-state index is -0.455. The van der Waals surface area contributed by atoms with Crippen LogP contribution >= 0.6 is 0 Å². The van der Waals surface area contributed by atoms with Crippen molar-refractivity contribution in [3.63, 3.8) is 0 Å². The van der Waals surface area contributed by atoms with E-state index in [1.807, 2.05) is 16.8 Å². The molecule has 1 fully saturated rings. The van der Waals surface area contributed by atoms with Crippen LogP contribution in [0.2, 0.25) is 0 Å². The van der Waals surface area contributed by atoms with Gasteiger partial charge in [-0.1, -0.05) is 6.07 Å². The summed E-state index contributed by atoms with van der Waals surface area (Å²) in [5, 5.41) is 17.1. The molecule has 1 N–H and O–H groups in total. The van der Waals surface area contributed by atoms with Crippen molar-refractivity contribution >= 4 is 11.4 Å². The molecule has 0 bridgehead atoms. The number of nitrogens with zero attached hydrogens (tertiary/aromatic N) is 8. The van der Waals surface area contributed by atoms with Crippen LogP contribution in [0.3, 0.4) is 0 Å². The highest BCUT2D eigenvalue weighted by Gasteiger charge is 2.38. The zero-order chi connectivity index (χ0) is 22.8. The van der Waals surface area contributed by atoms with Crippen molar-refractivity contribution < 1.29 is 9.21 Å². The van der Waals surface area contributed by atoms with Gasteiger partial charge in [-0.2, -0.15) is 10.2 Å². The van der Waals surface area contributed by atoms with Gasteiger partial charge >= 0.3 is 11.8 Å². The number of carbonyl (C=O) groups excluding carboxylic acids is 1. The number of aromatic amines is 1. The monoisotopic (exact) mass is 455 g/mol. The fraction of sp³-hybridized carbons (Fsp3) is 0.304. The molecule has 5 aromatic rings. The van der Waals surface area contributed by atoms with Gasteiger partial charge in [0, 0.05) is 38.1 Å². The predicted octanol–water partition coefficient (Wildman–Crippen LogP) is 2.51. The van der Waals surface area contributed by atoms with Gasteiger partial charge in [-0.15, -0.1) is 10.2 Å². The Balaban J connectivity index is 1.29. The van der Waals surface area contributed by atoms with Crippen LogP contribution in [0.4, 0.5) is 0 Å². The lowest BCUT2D eigenvalue weighted by Gasteiger charge is -2.32. The Hall–Kier alpha value is -4.28. The van der Waals surface area contributed by atoms with E-state index < -0.39 is 6.04 Å². The number of aromatic nitrogens is 8. The van der Waals surface area contributed by atoms with Crippen LogP contribution in [0.1, 0.15) is 58.1 Å². The van der Waals surface area contributed by atoms with Gasteiger partial charge in [0.1, 0.15) is 6.04 Å². The van der Waals surface area contributed by atoms with E-state index in [2.05, 4.69) is 37.4 Å². The molecular weight excluding hydrogens is 434 g/mol. The van der Waals surface area contributed by atoms with Crippen LogP contribution in [0.15, 0.2) is 47.5 Å². The molecule has 170 valence electrons. The largest absolute Gasteiger partial charge is 0.412 e. The molecule has 0 saturated heterocycles. The Morgan fingerprint density at radius 2 is 2.18 bits per heavy atom. The molecule has 1 saturated carbocycles. The lowest BCUT2D eigenvalue weighted by Crippen LogP contribution is -2.41. The molecule has 5 aromatic heterocycles. The summed E-state index contributed by atoms with van der Waals surface area (Å²) in [7, 11) is 1.80. The first-order valence-corrected chi connectivity index (χ1v) is 11.3. The summed E-state index contributed by atoms with van der Waals surface area (Å²) < 4.78 is 9.29. The van der Waals surface area contributed by atoms with E-state index in [0.29, 0.717) is 24.4 Å². The molecule has 7 rings (SSSR count). The molecule has 1 amide bonds. The second kappa shape index (κ2) is 7.11. The van der Waals surface area contributed by atoms with Crippen LogP contribution in [0.5, 0.6) is 0 Å². The number of hydrogen-bond acceptors (Lipinski definition) is 7. The number of amides is 1. The molecule has 2 aliphatic rings. The number of imidazole rings is 1. The molecule has 6 heterocycles. The van der Waals surface area contributed by atoms with Crippen LogP contribution < -0.4 is 0 Å². The lowest BCUT2D eigenvalue weighted by atomic mass is 9.99. The van der Waals surface area contributed by atoms with Crippen LogP contribution in [-0.4, -0.2) is 56.9 Å². The minimum absolute atomic E-state index is 0.0646. The molecule has 11 heteroatoms. The average molecular weight is 455 g/mol. The van der Waals surface area contributed by atoms with E-state index in [4.69, 9.17) is 9.52 Å². The number of fused-ring (bicyclic) bond motifs is 2. The lowest BCUT2D eigenvalue weighted by molar-refractivity contribution is 0.0646. The van der Waals surface area contributed by atoms with Crippen molar-refractivity contribution in [1.29, 1.82) is 0 Å². The highest BCUT2D eigenvalue weighted by Crippen LogP contribution is 2.43. The van der Waals surface area contributed by atoms with Gasteiger partial charge in [0.2, 0.25) is 0 Å². The third kappa shape index (κ3) is 2.96. The van der Waals surface area contributed by atoms with Gasteiger partial charge in [-0.3, -0.25) is 9.48 Å². The first kappa shape index (κ1) is 19.2. The van der Waals surface area contributed by atoms with Crippen molar-refractivity contribution in [3.8, 4) is 11.5 Å². The molecule has 34 heavy (non-hydrogen) atoms. The van der Waals surface area contributed by atoms with Gasteiger partial charge < -0.3 is 14.3 Å². The number of hydrogen-bond donors (Lipinski definition) is 1. The number of rotatable bonds is 4. The highest BCUT2D eigenvalue weighted by molar-refractivity contribution is 5.90. The first-order valence-electron chi connectivity index (χ1n) is 11.3. The number of aryl methyl sites for hydroxylation is 1. The Kier molecular flexibility index (Phi) is 4.02. The number of carbonyl (C=O) groups is 1. The summed E-state index contributed by atoms with van der Waals surface area (Å²) in [5.74, 6) is 0.431. The molecular formula is C23H21N9O2. The smallest absolute Gasteiger partial charge is 0.312 e. The van der Waals surface area contributed by atoms with Crippen molar-refractivity contribution in [2.75, 3.05) is 6.54 Å². The SMILES string of the molecule is Cn1cc(-c2nnc(C(=O)N3CCc4[nH]cnc4[C@H]3c3cc4c(C5CC5)cccn4n3)o2)cn1. The summed E-state index contributed by atoms with van der Waals surface area (Å²) in [4.78, 5) is 23.1. The third-order valence-electron chi connectivity index (χ3n) is 6.60. The zero-order valence-electron chi connectivity index (χ0n) is 18.4. The van der Waals surface area contributed by atoms with Crippen LogP contribution in [-0.2, 0) is 13.5 Å². The molecule has 1 aliphatic heterocycles. The molecule has 0 spiro atoms. The Morgan fingerprint density at radius 1 is 1.26 bits per heavy atom. The Morgan fingerprint density at radius 3 is 3.00 bits per heavy atom. The quantitative estimate of drug-likeness (QED) is 0.442. The average Bonchev–Trinajstić information content (AvgIpc) is 3.27. The highest BCUT2D eigenvalue weighted by atomic mass is 16.4. The summed E-state index contributed by atoms with van der Waals surface area (Å²) in [6, 6.07) is 5.82. The van der Waals surface area contributed by atoms with Crippen molar-refractivity contribution in [3.05, 3.63) is 71.7 Å². The number of H-pyrrole nitrogens is 1. The van der Waals surface area contributed by atoms with Gasteiger partial charge in [-0.05, 0) is 36.5 Å². The molecule has 0 unspecified atom stereocenters. The maximum Gasteiger partial charge on any atom is 0.312 e. The van der Waals surface area contributed by atoms with Gasteiger partial charge in [0.15, 0.2) is 0 Å². The van der Waals surface area contributed by atoms with E-state index in [1.165, 1.54) is 18.4 Å². The van der Waals surface area contributed by atoms with Crippen molar-refractivity contribution in [1.82, 2.24) is 44.5 Å². The minimum Gasteiger partial charge on any atom is -0.412 e. The fourth-order valence-corrected chi connectivity index (χ4v) is 4.81. The zero-order valence-corrected chi connectivity index (χ0v) is 18.4. The fourth-order valence-electron chi connectivity index (χ4n) is 4.81. The van der Waals surface area contributed by atoms with Crippen LogP contribution in [0, 0.1) is 0 Å². The second-order valence-electron chi connectivity index (χ2n) is 8.87. The van der Waals surface area contributed by atoms with Crippen LogP contribution in [0.25, 0.3) is 17.0 Å². The predicted molar refractivity (Wildman–Crippen MR) is 119 cm³/mol. The molecule has 0 aromatic carbocycles. The molecule has 1 aliphatic carbocycles. The number of pyridine rings is 1. The summed E-state index contributed by atoms with van der Waals surface area (Å²) in [6.45, 7) is 0.479. The normalized spacial score (nSPS) is 17.9. The van der Waals surface area contributed by atoms with E-state index >= 15 is 0 Å². The van der Waals surface area contributed by atoms with Gasteiger partial charge in [0.25, 0.3) is 5.89 Å². The second-order valence-corrected chi connectivity index (χ2v) is 8.87. The van der Waals surface area contributed by atoms with Gasteiger partial charge in [0.05, 0.1) is 35.0 Å². The summed E-state index contributed by atoms with van der Waals surface area (Å²) in [5.41, 5.74) is 5.60. The van der Waals surface area contributed by atoms with E-state index in [1.54, 1.807) is 35.4 Å². The first-order chi connectivity index (χ1) is 16.7. The van der Waals surface area contributed by atoms with Gasteiger partial charge in [-0.25, -0.2) is 9.50 Å². The maximum absolute atomic E-state index is 13.6. The third-order valence-corrected chi connectivity index (χ3v) is 6.60. The van der Waals surface area contributed by atoms with E-state index in [-0.39, 0.29) is 17.7 Å².